The van der Waals surface area contributed by atoms with Gasteiger partial charge in [-0.05, 0) is 30.7 Å². The Hall–Kier alpha value is -1.96. The van der Waals surface area contributed by atoms with Crippen LogP contribution in [0.15, 0.2) is 60.0 Å². The number of amides is 1. The zero-order valence-electron chi connectivity index (χ0n) is 16.7. The van der Waals surface area contributed by atoms with Crippen LogP contribution in [0.25, 0.3) is 11.1 Å². The molecule has 1 aromatic heterocycles. The molecule has 10 heteroatoms. The lowest BCUT2D eigenvalue weighted by Crippen LogP contribution is -2.49. The molecule has 1 atom stereocenters. The number of esters is 1. The molecule has 0 saturated heterocycles. The van der Waals surface area contributed by atoms with Gasteiger partial charge in [-0.15, -0.1) is 11.3 Å². The van der Waals surface area contributed by atoms with E-state index < -0.39 is 21.8 Å². The summed E-state index contributed by atoms with van der Waals surface area (Å²) in [5.41, 5.74) is 2.08. The fourth-order valence-corrected chi connectivity index (χ4v) is 4.38. The van der Waals surface area contributed by atoms with Crippen molar-refractivity contribution in [1.82, 2.24) is 5.32 Å². The quantitative estimate of drug-likeness (QED) is 0.200. The van der Waals surface area contributed by atoms with Crippen LogP contribution in [0.3, 0.4) is 0 Å². The molecule has 0 aliphatic carbocycles. The van der Waals surface area contributed by atoms with Crippen molar-refractivity contribution >= 4 is 74.6 Å². The van der Waals surface area contributed by atoms with Gasteiger partial charge < -0.3 is 15.4 Å². The molecule has 0 saturated carbocycles. The predicted octanol–water partition coefficient (Wildman–Crippen LogP) is 6.78. The fourth-order valence-electron chi connectivity index (χ4n) is 2.88. The second-order valence-corrected chi connectivity index (χ2v) is 10.2. The third-order valence-corrected chi connectivity index (χ3v) is 6.12. The number of rotatable bonds is 7. The van der Waals surface area contributed by atoms with Crippen molar-refractivity contribution in [3.05, 3.63) is 76.1 Å². The van der Waals surface area contributed by atoms with Crippen LogP contribution in [-0.4, -0.2) is 28.4 Å². The maximum Gasteiger partial charge on any atom is 0.341 e. The van der Waals surface area contributed by atoms with Gasteiger partial charge in [0.2, 0.25) is 3.79 Å². The molecule has 2 aromatic carbocycles. The molecular formula is C22H18Cl4N2O3S. The van der Waals surface area contributed by atoms with Gasteiger partial charge in [0, 0.05) is 21.5 Å². The SMILES string of the molecule is CCOC(=O)c1c(-c2ccccc2)csc1N[C@@H](NC(=O)c1cccc(Cl)c1)C(Cl)(Cl)Cl. The van der Waals surface area contributed by atoms with E-state index in [2.05, 4.69) is 10.6 Å². The topological polar surface area (TPSA) is 67.4 Å². The Kier molecular flexibility index (Phi) is 8.31. The number of thiophene rings is 1. The summed E-state index contributed by atoms with van der Waals surface area (Å²) in [6, 6.07) is 15.7. The van der Waals surface area contributed by atoms with Crippen LogP contribution in [0.4, 0.5) is 5.00 Å². The van der Waals surface area contributed by atoms with Crippen LogP contribution in [-0.2, 0) is 4.74 Å². The van der Waals surface area contributed by atoms with Gasteiger partial charge >= 0.3 is 5.97 Å². The predicted molar refractivity (Wildman–Crippen MR) is 132 cm³/mol. The number of ether oxygens (including phenoxy) is 1. The van der Waals surface area contributed by atoms with Crippen LogP contribution in [0, 0.1) is 0 Å². The van der Waals surface area contributed by atoms with Crippen molar-refractivity contribution in [3.8, 4) is 11.1 Å². The number of benzene rings is 2. The molecule has 2 N–H and O–H groups in total. The first-order valence-corrected chi connectivity index (χ1v) is 11.8. The molecule has 3 rings (SSSR count). The monoisotopic (exact) mass is 530 g/mol. The van der Waals surface area contributed by atoms with Crippen LogP contribution in [0.2, 0.25) is 5.02 Å². The molecule has 0 bridgehead atoms. The molecule has 0 spiro atoms. The molecule has 0 radical (unpaired) electrons. The summed E-state index contributed by atoms with van der Waals surface area (Å²) in [7, 11) is 0. The summed E-state index contributed by atoms with van der Waals surface area (Å²) in [4.78, 5) is 25.5. The van der Waals surface area contributed by atoms with Gasteiger partial charge in [0.1, 0.15) is 16.7 Å². The van der Waals surface area contributed by atoms with E-state index in [-0.39, 0.29) is 6.61 Å². The summed E-state index contributed by atoms with van der Waals surface area (Å²) in [5, 5.41) is 8.23. The number of halogens is 4. The average Bonchev–Trinajstić information content (AvgIpc) is 3.17. The molecule has 0 fully saturated rings. The molecule has 168 valence electrons. The maximum atomic E-state index is 12.8. The van der Waals surface area contributed by atoms with Crippen LogP contribution in [0.5, 0.6) is 0 Å². The number of anilines is 1. The van der Waals surface area contributed by atoms with Crippen molar-refractivity contribution in [2.24, 2.45) is 0 Å². The third-order valence-electron chi connectivity index (χ3n) is 4.32. The summed E-state index contributed by atoms with van der Waals surface area (Å²) in [5.74, 6) is -1.03. The number of hydrogen-bond acceptors (Lipinski definition) is 5. The largest absolute Gasteiger partial charge is 0.462 e. The average molecular weight is 532 g/mol. The minimum Gasteiger partial charge on any atom is -0.462 e. The normalized spacial score (nSPS) is 12.2. The highest BCUT2D eigenvalue weighted by Crippen LogP contribution is 2.39. The Bertz CT molecular complexity index is 1100. The van der Waals surface area contributed by atoms with Crippen LogP contribution < -0.4 is 10.6 Å². The van der Waals surface area contributed by atoms with E-state index in [0.29, 0.717) is 26.7 Å². The number of hydrogen-bond donors (Lipinski definition) is 2. The van der Waals surface area contributed by atoms with Gasteiger partial charge in [-0.1, -0.05) is 82.8 Å². The molecule has 1 heterocycles. The standard InChI is InChI=1S/C22H18Cl4N2O3S/c1-2-31-20(30)17-16(13-7-4-3-5-8-13)12-32-19(17)28-21(22(24,25)26)27-18(29)14-9-6-10-15(23)11-14/h3-12,21,28H,2H2,1H3,(H,27,29)/t21-/m1/s1. The van der Waals surface area contributed by atoms with E-state index in [1.807, 2.05) is 30.3 Å². The van der Waals surface area contributed by atoms with Gasteiger partial charge in [-0.3, -0.25) is 4.79 Å². The van der Waals surface area contributed by atoms with Crippen LogP contribution >= 0.6 is 57.7 Å². The van der Waals surface area contributed by atoms with Gasteiger partial charge in [0.25, 0.3) is 5.91 Å². The molecule has 0 aliphatic rings. The first-order chi connectivity index (χ1) is 15.2. The summed E-state index contributed by atoms with van der Waals surface area (Å²) in [6.45, 7) is 1.91. The Labute approximate surface area is 209 Å². The summed E-state index contributed by atoms with van der Waals surface area (Å²) >= 11 is 25.6. The van der Waals surface area contributed by atoms with Crippen molar-refractivity contribution in [2.45, 2.75) is 16.9 Å². The van der Waals surface area contributed by atoms with E-state index in [0.717, 1.165) is 5.56 Å². The minimum atomic E-state index is -1.93. The highest BCUT2D eigenvalue weighted by molar-refractivity contribution is 7.15. The Morgan fingerprint density at radius 3 is 2.44 bits per heavy atom. The van der Waals surface area contributed by atoms with Crippen molar-refractivity contribution in [1.29, 1.82) is 0 Å². The van der Waals surface area contributed by atoms with Gasteiger partial charge in [0.15, 0.2) is 0 Å². The second-order valence-electron chi connectivity index (χ2n) is 6.54. The highest BCUT2D eigenvalue weighted by Gasteiger charge is 2.36. The lowest BCUT2D eigenvalue weighted by molar-refractivity contribution is 0.0529. The number of carbonyl (C=O) groups is 2. The van der Waals surface area contributed by atoms with E-state index in [9.17, 15) is 9.59 Å². The van der Waals surface area contributed by atoms with E-state index in [1.165, 1.54) is 17.4 Å². The van der Waals surface area contributed by atoms with Crippen molar-refractivity contribution in [2.75, 3.05) is 11.9 Å². The molecule has 3 aromatic rings. The zero-order valence-corrected chi connectivity index (χ0v) is 20.5. The first-order valence-electron chi connectivity index (χ1n) is 9.44. The Morgan fingerprint density at radius 2 is 1.81 bits per heavy atom. The lowest BCUT2D eigenvalue weighted by Gasteiger charge is -2.27. The number of nitrogens with one attached hydrogen (secondary N) is 2. The molecular weight excluding hydrogens is 514 g/mol. The Morgan fingerprint density at radius 1 is 1.09 bits per heavy atom. The van der Waals surface area contributed by atoms with Gasteiger partial charge in [-0.2, -0.15) is 0 Å². The Balaban J connectivity index is 1.95. The highest BCUT2D eigenvalue weighted by atomic mass is 35.6. The molecule has 0 unspecified atom stereocenters. The summed E-state index contributed by atoms with van der Waals surface area (Å²) in [6.07, 6.45) is -1.16. The minimum absolute atomic E-state index is 0.196. The molecule has 32 heavy (non-hydrogen) atoms. The number of alkyl halides is 3. The van der Waals surface area contributed by atoms with Gasteiger partial charge in [0.05, 0.1) is 6.61 Å². The fraction of sp³-hybridized carbons (Fsp3) is 0.182. The van der Waals surface area contributed by atoms with Gasteiger partial charge in [-0.25, -0.2) is 4.79 Å². The molecule has 0 aliphatic heterocycles. The zero-order chi connectivity index (χ0) is 23.3. The smallest absolute Gasteiger partial charge is 0.341 e. The van der Waals surface area contributed by atoms with E-state index in [4.69, 9.17) is 51.1 Å². The maximum absolute atomic E-state index is 12.8. The number of carbonyl (C=O) groups excluding carboxylic acids is 2. The van der Waals surface area contributed by atoms with E-state index in [1.54, 1.807) is 30.5 Å². The molecule has 1 amide bonds. The van der Waals surface area contributed by atoms with Crippen molar-refractivity contribution < 1.29 is 14.3 Å². The molecule has 5 nitrogen and oxygen atoms in total. The lowest BCUT2D eigenvalue weighted by atomic mass is 10.0. The first kappa shape index (κ1) is 24.7. The summed E-state index contributed by atoms with van der Waals surface area (Å²) < 4.78 is 3.31. The van der Waals surface area contributed by atoms with Crippen LogP contribution in [0.1, 0.15) is 27.6 Å². The van der Waals surface area contributed by atoms with Crippen molar-refractivity contribution in [3.63, 3.8) is 0 Å². The third kappa shape index (κ3) is 6.09. The second kappa shape index (κ2) is 10.8. The van der Waals surface area contributed by atoms with E-state index >= 15 is 0 Å².